The first-order chi connectivity index (χ1) is 4.74. The maximum absolute atomic E-state index is 9.26. The van der Waals surface area contributed by atoms with Crippen LogP contribution in [0.4, 0.5) is 0 Å². The summed E-state index contributed by atoms with van der Waals surface area (Å²) in [4.78, 5) is 0. The fourth-order valence-electron chi connectivity index (χ4n) is 1.55. The van der Waals surface area contributed by atoms with Crippen molar-refractivity contribution in [1.29, 1.82) is 0 Å². The topological polar surface area (TPSA) is 20.2 Å². The molecular weight excluding hydrogens is 148 g/mol. The van der Waals surface area contributed by atoms with Gasteiger partial charge in [0.15, 0.2) is 0 Å². The lowest BCUT2D eigenvalue weighted by molar-refractivity contribution is 0.112. The van der Waals surface area contributed by atoms with Crippen LogP contribution in [0.2, 0.25) is 0 Å². The largest absolute Gasteiger partial charge is 0.392 e. The van der Waals surface area contributed by atoms with E-state index in [1.54, 1.807) is 0 Å². The van der Waals surface area contributed by atoms with Crippen molar-refractivity contribution in [2.45, 2.75) is 44.1 Å². The fourth-order valence-corrected chi connectivity index (χ4v) is 1.93. The van der Waals surface area contributed by atoms with Gasteiger partial charge in [-0.2, -0.15) is 0 Å². The quantitative estimate of drug-likeness (QED) is 0.586. The monoisotopic (exact) mass is 162 g/mol. The average Bonchev–Trinajstić information content (AvgIpc) is 1.95. The highest BCUT2D eigenvalue weighted by Crippen LogP contribution is 2.29. The van der Waals surface area contributed by atoms with Gasteiger partial charge in [-0.3, -0.25) is 0 Å². The van der Waals surface area contributed by atoms with Crippen LogP contribution in [0.3, 0.4) is 0 Å². The molecule has 1 fully saturated rings. The molecule has 0 amide bonds. The number of rotatable bonds is 1. The third-order valence-electron chi connectivity index (χ3n) is 2.42. The van der Waals surface area contributed by atoms with Gasteiger partial charge in [0, 0.05) is 0 Å². The number of hydrogen-bond acceptors (Lipinski definition) is 1. The Morgan fingerprint density at radius 1 is 1.50 bits per heavy atom. The van der Waals surface area contributed by atoms with Crippen molar-refractivity contribution in [3.8, 4) is 0 Å². The molecule has 1 N–H and O–H groups in total. The Morgan fingerprint density at radius 2 is 2.20 bits per heavy atom. The zero-order valence-corrected chi connectivity index (χ0v) is 7.14. The van der Waals surface area contributed by atoms with Crippen LogP contribution in [0.1, 0.15) is 32.6 Å². The third kappa shape index (κ3) is 1.86. The van der Waals surface area contributed by atoms with Gasteiger partial charge in [0.05, 0.1) is 11.5 Å². The summed E-state index contributed by atoms with van der Waals surface area (Å²) in [5, 5.41) is 9.27. The van der Waals surface area contributed by atoms with E-state index in [0.29, 0.717) is 0 Å². The van der Waals surface area contributed by atoms with Crippen LogP contribution in [0.5, 0.6) is 0 Å². The molecule has 1 nitrogen and oxygen atoms in total. The maximum Gasteiger partial charge on any atom is 0.0703 e. The van der Waals surface area contributed by atoms with E-state index in [0.717, 1.165) is 25.2 Å². The molecule has 0 aromatic rings. The van der Waals surface area contributed by atoms with Gasteiger partial charge in [-0.1, -0.05) is 13.3 Å². The summed E-state index contributed by atoms with van der Waals surface area (Å²) in [7, 11) is 0. The van der Waals surface area contributed by atoms with Crippen molar-refractivity contribution in [3.63, 3.8) is 0 Å². The zero-order valence-electron chi connectivity index (χ0n) is 6.39. The molecule has 0 heterocycles. The van der Waals surface area contributed by atoms with Crippen molar-refractivity contribution >= 4 is 11.6 Å². The third-order valence-corrected chi connectivity index (χ3v) is 2.89. The number of hydrogen-bond donors (Lipinski definition) is 1. The molecule has 0 spiro atoms. The first-order valence-corrected chi connectivity index (χ1v) is 4.49. The smallest absolute Gasteiger partial charge is 0.0703 e. The van der Waals surface area contributed by atoms with Crippen LogP contribution in [0, 0.1) is 5.92 Å². The van der Waals surface area contributed by atoms with E-state index in [9.17, 15) is 5.11 Å². The minimum absolute atomic E-state index is 0.0127. The Balaban J connectivity index is 2.33. The van der Waals surface area contributed by atoms with Crippen molar-refractivity contribution in [1.82, 2.24) is 0 Å². The van der Waals surface area contributed by atoms with Gasteiger partial charge in [-0.15, -0.1) is 11.6 Å². The molecule has 2 heteroatoms. The van der Waals surface area contributed by atoms with Crippen molar-refractivity contribution in [2.24, 2.45) is 5.92 Å². The summed E-state index contributed by atoms with van der Waals surface area (Å²) in [5.74, 6) is 0.755. The van der Waals surface area contributed by atoms with Gasteiger partial charge in [-0.05, 0) is 25.2 Å². The van der Waals surface area contributed by atoms with E-state index in [-0.39, 0.29) is 11.5 Å². The van der Waals surface area contributed by atoms with E-state index in [4.69, 9.17) is 11.6 Å². The highest BCUT2D eigenvalue weighted by molar-refractivity contribution is 6.21. The summed E-state index contributed by atoms with van der Waals surface area (Å²) in [6.45, 7) is 2.19. The highest BCUT2D eigenvalue weighted by atomic mass is 35.5. The lowest BCUT2D eigenvalue weighted by Gasteiger charge is -2.28. The van der Waals surface area contributed by atoms with Crippen LogP contribution < -0.4 is 0 Å². The van der Waals surface area contributed by atoms with Gasteiger partial charge in [0.2, 0.25) is 0 Å². The molecule has 1 saturated carbocycles. The van der Waals surface area contributed by atoms with Gasteiger partial charge in [0.25, 0.3) is 0 Å². The molecule has 0 radical (unpaired) electrons. The molecule has 0 aliphatic heterocycles. The molecule has 1 aliphatic rings. The number of alkyl halides is 1. The van der Waals surface area contributed by atoms with Crippen LogP contribution in [0.15, 0.2) is 0 Å². The maximum atomic E-state index is 9.26. The van der Waals surface area contributed by atoms with E-state index in [2.05, 4.69) is 6.92 Å². The predicted molar refractivity (Wildman–Crippen MR) is 43.3 cm³/mol. The number of aliphatic hydroxyl groups is 1. The van der Waals surface area contributed by atoms with E-state index >= 15 is 0 Å². The van der Waals surface area contributed by atoms with Gasteiger partial charge in [0.1, 0.15) is 0 Å². The normalized spacial score (nSPS) is 41.7. The Kier molecular flexibility index (Phi) is 2.99. The second kappa shape index (κ2) is 3.59. The van der Waals surface area contributed by atoms with Crippen molar-refractivity contribution < 1.29 is 5.11 Å². The summed E-state index contributed by atoms with van der Waals surface area (Å²) >= 11 is 5.89. The predicted octanol–water partition coefficient (Wildman–Crippen LogP) is 2.16. The van der Waals surface area contributed by atoms with E-state index in [1.807, 2.05) is 0 Å². The second-order valence-corrected chi connectivity index (χ2v) is 3.73. The molecule has 3 unspecified atom stereocenters. The van der Waals surface area contributed by atoms with E-state index < -0.39 is 0 Å². The molecule has 0 aromatic heterocycles. The number of halogens is 1. The van der Waals surface area contributed by atoms with Gasteiger partial charge in [-0.25, -0.2) is 0 Å². The first kappa shape index (κ1) is 8.35. The van der Waals surface area contributed by atoms with Crippen LogP contribution >= 0.6 is 11.6 Å². The lowest BCUT2D eigenvalue weighted by atomic mass is 9.85. The molecule has 0 aromatic carbocycles. The van der Waals surface area contributed by atoms with Crippen LogP contribution in [-0.2, 0) is 0 Å². The zero-order chi connectivity index (χ0) is 7.56. The number of aliphatic hydroxyl groups excluding tert-OH is 1. The second-order valence-electron chi connectivity index (χ2n) is 3.17. The summed E-state index contributed by atoms with van der Waals surface area (Å²) in [6.07, 6.45) is 4.01. The molecule has 60 valence electrons. The molecular formula is C8H15ClO. The summed E-state index contributed by atoms with van der Waals surface area (Å²) in [5.41, 5.74) is 0. The Hall–Kier alpha value is 0.250. The van der Waals surface area contributed by atoms with Crippen molar-refractivity contribution in [2.75, 3.05) is 0 Å². The minimum atomic E-state index is -0.246. The molecule has 0 bridgehead atoms. The Labute approximate surface area is 67.4 Å². The molecule has 1 aliphatic carbocycles. The SMILES string of the molecule is CCC1CCC(O)C(Cl)C1. The first-order valence-electron chi connectivity index (χ1n) is 4.06. The Morgan fingerprint density at radius 3 is 2.70 bits per heavy atom. The van der Waals surface area contributed by atoms with Crippen molar-refractivity contribution in [3.05, 3.63) is 0 Å². The summed E-state index contributed by atoms with van der Waals surface area (Å²) in [6, 6.07) is 0. The van der Waals surface area contributed by atoms with E-state index in [1.165, 1.54) is 6.42 Å². The molecule has 10 heavy (non-hydrogen) atoms. The van der Waals surface area contributed by atoms with Gasteiger partial charge >= 0.3 is 0 Å². The Bertz CT molecular complexity index is 105. The highest BCUT2D eigenvalue weighted by Gasteiger charge is 2.26. The minimum Gasteiger partial charge on any atom is -0.392 e. The van der Waals surface area contributed by atoms with Crippen LogP contribution in [0.25, 0.3) is 0 Å². The van der Waals surface area contributed by atoms with Crippen LogP contribution in [-0.4, -0.2) is 16.6 Å². The lowest BCUT2D eigenvalue weighted by Crippen LogP contribution is -2.29. The standard InChI is InChI=1S/C8H15ClO/c1-2-6-3-4-8(10)7(9)5-6/h6-8,10H,2-5H2,1H3. The molecule has 0 saturated heterocycles. The summed E-state index contributed by atoms with van der Waals surface area (Å²) < 4.78 is 0. The average molecular weight is 163 g/mol. The molecule has 1 rings (SSSR count). The molecule has 3 atom stereocenters. The van der Waals surface area contributed by atoms with Gasteiger partial charge < -0.3 is 5.11 Å². The fraction of sp³-hybridized carbons (Fsp3) is 1.00.